The maximum atomic E-state index is 12.1. The number of nitriles is 1. The molecule has 1 aromatic rings. The average molecular weight is 270 g/mol. The maximum Gasteiger partial charge on any atom is 0.267 e. The van der Waals surface area contributed by atoms with Crippen molar-refractivity contribution in [1.82, 2.24) is 4.31 Å². The number of rotatable bonds is 2. The highest BCUT2D eigenvalue weighted by Crippen LogP contribution is 2.29. The smallest absolute Gasteiger partial charge is 0.254 e. The molecule has 2 rings (SSSR count). The van der Waals surface area contributed by atoms with Gasteiger partial charge in [-0.3, -0.25) is 4.31 Å². The predicted octanol–water partition coefficient (Wildman–Crippen LogP) is 1.48. The van der Waals surface area contributed by atoms with Crippen molar-refractivity contribution in [3.8, 4) is 6.07 Å². The van der Waals surface area contributed by atoms with Crippen LogP contribution in [0.25, 0.3) is 0 Å². The lowest BCUT2D eigenvalue weighted by Crippen LogP contribution is -2.36. The molecule has 7 heteroatoms. The van der Waals surface area contributed by atoms with E-state index in [1.807, 2.05) is 0 Å². The predicted molar refractivity (Wildman–Crippen MR) is 63.7 cm³/mol. The van der Waals surface area contributed by atoms with Crippen molar-refractivity contribution in [3.05, 3.63) is 24.3 Å². The summed E-state index contributed by atoms with van der Waals surface area (Å²) in [4.78, 5) is 4.14. The summed E-state index contributed by atoms with van der Waals surface area (Å²) in [7, 11) is -3.64. The van der Waals surface area contributed by atoms with Crippen LogP contribution in [0.3, 0.4) is 0 Å². The molecule has 1 atom stereocenters. The van der Waals surface area contributed by atoms with Crippen LogP contribution in [0.1, 0.15) is 0 Å². The van der Waals surface area contributed by atoms with E-state index < -0.39 is 15.4 Å². The maximum absolute atomic E-state index is 12.1. The van der Waals surface area contributed by atoms with Crippen LogP contribution in [0.2, 0.25) is 0 Å². The van der Waals surface area contributed by atoms with E-state index in [2.05, 4.69) is 4.99 Å². The minimum atomic E-state index is -3.64. The molecule has 0 saturated heterocycles. The van der Waals surface area contributed by atoms with Gasteiger partial charge in [0.05, 0.1) is 18.3 Å². The average Bonchev–Trinajstić information content (AvgIpc) is 2.33. The van der Waals surface area contributed by atoms with Crippen molar-refractivity contribution >= 4 is 33.7 Å². The number of nitrogens with zero attached hydrogens (tertiary/aromatic N) is 3. The van der Waals surface area contributed by atoms with Crippen LogP contribution in [-0.2, 0) is 10.0 Å². The summed E-state index contributed by atoms with van der Waals surface area (Å²) in [6.45, 7) is -0.113. The van der Waals surface area contributed by atoms with E-state index >= 15 is 0 Å². The van der Waals surface area contributed by atoms with Crippen LogP contribution in [0.4, 0.5) is 5.69 Å². The summed E-state index contributed by atoms with van der Waals surface area (Å²) in [5.74, 6) is 0. The van der Waals surface area contributed by atoms with Crippen molar-refractivity contribution in [2.75, 3.05) is 6.54 Å². The fourth-order valence-corrected chi connectivity index (χ4v) is 3.08. The van der Waals surface area contributed by atoms with E-state index in [1.165, 1.54) is 12.4 Å². The lowest BCUT2D eigenvalue weighted by Gasteiger charge is -2.24. The second-order valence-corrected chi connectivity index (χ2v) is 5.77. The van der Waals surface area contributed by atoms with Crippen molar-refractivity contribution in [3.63, 3.8) is 0 Å². The van der Waals surface area contributed by atoms with Gasteiger partial charge in [-0.25, -0.2) is 13.4 Å². The van der Waals surface area contributed by atoms with Gasteiger partial charge < -0.3 is 0 Å². The van der Waals surface area contributed by atoms with Crippen LogP contribution in [0.5, 0.6) is 0 Å². The molecule has 0 amide bonds. The molecule has 17 heavy (non-hydrogen) atoms. The Hall–Kier alpha value is -1.58. The van der Waals surface area contributed by atoms with Gasteiger partial charge in [0.15, 0.2) is 0 Å². The Morgan fingerprint density at radius 1 is 1.47 bits per heavy atom. The van der Waals surface area contributed by atoms with E-state index in [4.69, 9.17) is 16.9 Å². The number of halogens is 1. The number of para-hydroxylation sites is 1. The summed E-state index contributed by atoms with van der Waals surface area (Å²) in [6.07, 6.45) is 1.18. The quantitative estimate of drug-likeness (QED) is 0.764. The van der Waals surface area contributed by atoms with E-state index in [1.54, 1.807) is 24.3 Å². The fourth-order valence-electron chi connectivity index (χ4n) is 1.44. The molecule has 0 aliphatic carbocycles. The van der Waals surface area contributed by atoms with E-state index in [0.717, 1.165) is 4.31 Å². The molecule has 1 heterocycles. The number of sulfonamides is 1. The number of hydrogen-bond donors (Lipinski definition) is 0. The van der Waals surface area contributed by atoms with Crippen LogP contribution in [-0.4, -0.2) is 31.0 Å². The molecule has 0 aromatic heterocycles. The van der Waals surface area contributed by atoms with Gasteiger partial charge in [0.25, 0.3) is 10.0 Å². The molecule has 0 N–H and O–H groups in total. The first-order chi connectivity index (χ1) is 8.05. The minimum absolute atomic E-state index is 0.113. The van der Waals surface area contributed by atoms with E-state index in [-0.39, 0.29) is 11.4 Å². The van der Waals surface area contributed by atoms with Gasteiger partial charge in [-0.05, 0) is 12.1 Å². The summed E-state index contributed by atoms with van der Waals surface area (Å²) in [6, 6.07) is 8.19. The zero-order valence-corrected chi connectivity index (χ0v) is 10.2. The first-order valence-electron chi connectivity index (χ1n) is 4.74. The lowest BCUT2D eigenvalue weighted by atomic mass is 10.3. The van der Waals surface area contributed by atoms with Gasteiger partial charge in [-0.15, -0.1) is 11.6 Å². The lowest BCUT2D eigenvalue weighted by molar-refractivity contribution is 0.528. The van der Waals surface area contributed by atoms with Crippen molar-refractivity contribution in [1.29, 1.82) is 5.26 Å². The summed E-state index contributed by atoms with van der Waals surface area (Å²) in [5.41, 5.74) is 0.395. The van der Waals surface area contributed by atoms with Gasteiger partial charge >= 0.3 is 0 Å². The third-order valence-corrected chi connectivity index (χ3v) is 4.26. The Balaban J connectivity index is 2.42. The zero-order chi connectivity index (χ0) is 12.5. The number of fused-ring (bicyclic) bond motifs is 1. The Morgan fingerprint density at radius 2 is 2.18 bits per heavy atom. The van der Waals surface area contributed by atoms with Crippen LogP contribution in [0, 0.1) is 11.3 Å². The third-order valence-electron chi connectivity index (χ3n) is 2.26. The molecule has 0 bridgehead atoms. The molecule has 1 unspecified atom stereocenters. The van der Waals surface area contributed by atoms with Crippen molar-refractivity contribution in [2.45, 2.75) is 10.3 Å². The molecule has 88 valence electrons. The molecule has 0 fully saturated rings. The van der Waals surface area contributed by atoms with Gasteiger partial charge in [-0.2, -0.15) is 5.26 Å². The van der Waals surface area contributed by atoms with Crippen molar-refractivity contribution < 1.29 is 8.42 Å². The zero-order valence-electron chi connectivity index (χ0n) is 8.62. The van der Waals surface area contributed by atoms with Crippen molar-refractivity contribution in [2.24, 2.45) is 4.99 Å². The Labute approximate surface area is 104 Å². The Bertz CT molecular complexity index is 606. The number of hydrogen-bond acceptors (Lipinski definition) is 4. The monoisotopic (exact) mass is 269 g/mol. The highest BCUT2D eigenvalue weighted by molar-refractivity contribution is 7.89. The molecule has 5 nitrogen and oxygen atoms in total. The molecule has 0 radical (unpaired) electrons. The number of alkyl halides is 1. The normalized spacial score (nSPS) is 18.2. The molecule has 0 spiro atoms. The molecule has 1 aliphatic heterocycles. The van der Waals surface area contributed by atoms with E-state index in [0.29, 0.717) is 5.69 Å². The van der Waals surface area contributed by atoms with Gasteiger partial charge in [0.2, 0.25) is 0 Å². The first-order valence-corrected chi connectivity index (χ1v) is 6.62. The molecular weight excluding hydrogens is 262 g/mol. The van der Waals surface area contributed by atoms with Gasteiger partial charge in [0, 0.05) is 0 Å². The molecule has 1 aliphatic rings. The van der Waals surface area contributed by atoms with E-state index in [9.17, 15) is 8.42 Å². The SMILES string of the molecule is N#CC(Cl)CN1C=Nc2ccccc2S1(=O)=O. The summed E-state index contributed by atoms with van der Waals surface area (Å²) >= 11 is 5.62. The van der Waals surface area contributed by atoms with Crippen LogP contribution in [0.15, 0.2) is 34.2 Å². The summed E-state index contributed by atoms with van der Waals surface area (Å²) in [5, 5.41) is 7.68. The van der Waals surface area contributed by atoms with Gasteiger partial charge in [0.1, 0.15) is 16.6 Å². The highest BCUT2D eigenvalue weighted by atomic mass is 35.5. The second-order valence-electron chi connectivity index (χ2n) is 3.38. The third kappa shape index (κ3) is 2.12. The topological polar surface area (TPSA) is 73.5 Å². The first kappa shape index (κ1) is 11.9. The van der Waals surface area contributed by atoms with Gasteiger partial charge in [-0.1, -0.05) is 12.1 Å². The second kappa shape index (κ2) is 4.35. The number of benzene rings is 1. The highest BCUT2D eigenvalue weighted by Gasteiger charge is 2.29. The molecule has 0 saturated carbocycles. The van der Waals surface area contributed by atoms with Crippen LogP contribution < -0.4 is 0 Å². The number of aliphatic imine (C=N–C) groups is 1. The largest absolute Gasteiger partial charge is 0.267 e. The van der Waals surface area contributed by atoms with Crippen LogP contribution >= 0.6 is 11.6 Å². The standard InChI is InChI=1S/C10H8ClN3O2S/c11-8(5-12)6-14-7-13-9-3-1-2-4-10(9)17(14,15)16/h1-4,7-8H,6H2. The summed E-state index contributed by atoms with van der Waals surface area (Å²) < 4.78 is 25.2. The fraction of sp³-hybridized carbons (Fsp3) is 0.200. The molecular formula is C10H8ClN3O2S. The Kier molecular flexibility index (Phi) is 3.05. The molecule has 1 aromatic carbocycles. The minimum Gasteiger partial charge on any atom is -0.254 e. The Morgan fingerprint density at radius 3 is 2.88 bits per heavy atom.